The van der Waals surface area contributed by atoms with Gasteiger partial charge in [-0.25, -0.2) is 4.79 Å². The molecule has 0 bridgehead atoms. The van der Waals surface area contributed by atoms with Gasteiger partial charge in [-0.2, -0.15) is 0 Å². The Morgan fingerprint density at radius 2 is 1.40 bits per heavy atom. The summed E-state index contributed by atoms with van der Waals surface area (Å²) in [5.41, 5.74) is 10.7. The van der Waals surface area contributed by atoms with Crippen LogP contribution in [0.15, 0.2) is 46.9 Å². The third-order valence-electron chi connectivity index (χ3n) is 4.86. The van der Waals surface area contributed by atoms with Crippen LogP contribution in [0.25, 0.3) is 0 Å². The summed E-state index contributed by atoms with van der Waals surface area (Å²) in [7, 11) is 3.13. The molecule has 0 aliphatic carbocycles. The van der Waals surface area contributed by atoms with E-state index in [1.54, 1.807) is 24.6 Å². The van der Waals surface area contributed by atoms with Crippen LogP contribution in [0.5, 0.6) is 0 Å². The van der Waals surface area contributed by atoms with Crippen LogP contribution in [0.2, 0.25) is 0 Å². The van der Waals surface area contributed by atoms with Crippen molar-refractivity contribution in [1.29, 1.82) is 0 Å². The maximum absolute atomic E-state index is 10.8. The monoisotopic (exact) mass is 784 g/mol. The smallest absolute Gasteiger partial charge is 0.314 e. The number of thiazole rings is 1. The molecule has 0 saturated carbocycles. The molecule has 0 radical (unpaired) electrons. The van der Waals surface area contributed by atoms with Gasteiger partial charge in [-0.1, -0.05) is 131 Å². The van der Waals surface area contributed by atoms with Gasteiger partial charge in [-0.3, -0.25) is 19.6 Å². The second-order valence-electron chi connectivity index (χ2n) is 8.48. The molecule has 13 nitrogen and oxygen atoms in total. The number of aromatic nitrogens is 1. The third kappa shape index (κ3) is 74.4. The summed E-state index contributed by atoms with van der Waals surface area (Å²) < 4.78 is 0. The lowest BCUT2D eigenvalue weighted by atomic mass is 10.00. The molecule has 1 unspecified atom stereocenters. The Hall–Kier alpha value is -3.75. The topological polar surface area (TPSA) is 209 Å². The standard InChI is InChI=1S/C12H25N3O3.C9H12N2O.C4H5NS.C2H7N3.2C2H6.8CH4/c1-3-4-11(7-12(17)18)8-14-9-13-5-6-15-10(2)16;1-10-9(12)11-7-8-5-3-2-4-6-8;1-4-5-2-3-6-4;1-5-2(3)4;2*1-2;;;;;;;;/h11,13-14H,3-9H2,1-2H3,(H,15,16)(H,17,18);2-6H,7H2,1H3,(H2,10,11,12);2-3H,1H3;1H3,(H4,3,4,5);2*1-2H3;8*1H4. The molecule has 0 spiro atoms. The largest absolute Gasteiger partial charge is 0.481 e. The fourth-order valence-corrected chi connectivity index (χ4v) is 3.31. The fraction of sp³-hybridized carbons (Fsp3) is 0.667. The predicted octanol–water partition coefficient (Wildman–Crippen LogP) is 8.75. The van der Waals surface area contributed by atoms with Gasteiger partial charge in [0.15, 0.2) is 5.96 Å². The highest BCUT2D eigenvalue weighted by molar-refractivity contribution is 7.09. The summed E-state index contributed by atoms with van der Waals surface area (Å²) in [6.07, 6.45) is 3.94. The Bertz CT molecular complexity index is 948. The van der Waals surface area contributed by atoms with E-state index in [-0.39, 0.29) is 89.6 Å². The van der Waals surface area contributed by atoms with Gasteiger partial charge < -0.3 is 43.2 Å². The zero-order chi connectivity index (χ0) is 35.3. The number of amides is 3. The predicted molar refractivity (Wildman–Crippen MR) is 243 cm³/mol. The molecule has 53 heavy (non-hydrogen) atoms. The minimum absolute atomic E-state index is 0. The zero-order valence-electron chi connectivity index (χ0n) is 28.9. The van der Waals surface area contributed by atoms with Crippen LogP contribution in [0.4, 0.5) is 4.79 Å². The summed E-state index contributed by atoms with van der Waals surface area (Å²) in [6.45, 7) is 16.7. The van der Waals surface area contributed by atoms with Gasteiger partial charge in [-0.15, -0.1) is 11.3 Å². The number of rotatable bonds is 13. The third-order valence-corrected chi connectivity index (χ3v) is 5.56. The molecule has 0 saturated heterocycles. The van der Waals surface area contributed by atoms with Gasteiger partial charge in [0.2, 0.25) is 5.91 Å². The molecule has 1 atom stereocenters. The van der Waals surface area contributed by atoms with Crippen LogP contribution >= 0.6 is 11.3 Å². The highest BCUT2D eigenvalue weighted by atomic mass is 32.1. The van der Waals surface area contributed by atoms with Gasteiger partial charge in [0, 0.05) is 65.3 Å². The number of carboxylic acids is 1. The van der Waals surface area contributed by atoms with Crippen LogP contribution in [-0.2, 0) is 16.1 Å². The molecule has 0 fully saturated rings. The lowest BCUT2D eigenvalue weighted by Crippen LogP contribution is -2.37. The van der Waals surface area contributed by atoms with Crippen molar-refractivity contribution >= 4 is 35.2 Å². The number of hydrogen-bond acceptors (Lipinski definition) is 8. The van der Waals surface area contributed by atoms with E-state index in [0.29, 0.717) is 32.8 Å². The van der Waals surface area contributed by atoms with Gasteiger partial charge in [0.05, 0.1) is 5.01 Å². The average Bonchev–Trinajstić information content (AvgIpc) is 3.53. The number of aliphatic imine (C=N–C) groups is 1. The van der Waals surface area contributed by atoms with Crippen LogP contribution < -0.4 is 38.1 Å². The number of carbonyl (C=O) groups is 3. The van der Waals surface area contributed by atoms with Crippen molar-refractivity contribution in [3.8, 4) is 0 Å². The Morgan fingerprint density at radius 1 is 0.887 bits per heavy atom. The van der Waals surface area contributed by atoms with Crippen molar-refractivity contribution in [2.45, 2.75) is 134 Å². The van der Waals surface area contributed by atoms with E-state index in [2.05, 4.69) is 43.5 Å². The number of nitrogens with two attached hydrogens (primary N) is 2. The number of nitrogens with zero attached hydrogens (tertiary/aromatic N) is 2. The number of benzene rings is 1. The summed E-state index contributed by atoms with van der Waals surface area (Å²) in [5, 5.41) is 26.0. The number of guanidine groups is 1. The van der Waals surface area contributed by atoms with Gasteiger partial charge in [0.1, 0.15) is 0 Å². The maximum Gasteiger partial charge on any atom is 0.314 e. The van der Waals surface area contributed by atoms with Crippen molar-refractivity contribution in [3.05, 3.63) is 52.5 Å². The van der Waals surface area contributed by atoms with Crippen molar-refractivity contribution in [2.75, 3.05) is 40.4 Å². The summed E-state index contributed by atoms with van der Waals surface area (Å²) >= 11 is 1.67. The Labute approximate surface area is 334 Å². The molecular formula is C39H93N9O4S. The number of hydrogen-bond donors (Lipinski definition) is 8. The van der Waals surface area contributed by atoms with Gasteiger partial charge in [0.25, 0.3) is 0 Å². The van der Waals surface area contributed by atoms with Crippen LogP contribution in [0.1, 0.15) is 131 Å². The molecule has 1 aromatic heterocycles. The SMILES string of the molecule is C.C.C.C.C.C.C.C.CC.CC.CCCC(CNCNCCNC(C)=O)CC(=O)O.CN=C(N)N.CNC(=O)NCc1ccccc1.Cc1nccs1. The Morgan fingerprint density at radius 3 is 1.74 bits per heavy atom. The Kier molecular flexibility index (Phi) is 104. The average molecular weight is 784 g/mol. The van der Waals surface area contributed by atoms with Crippen LogP contribution in [0.3, 0.4) is 0 Å². The van der Waals surface area contributed by atoms with E-state index in [9.17, 15) is 14.4 Å². The van der Waals surface area contributed by atoms with E-state index in [4.69, 9.17) is 16.6 Å². The first-order valence-electron chi connectivity index (χ1n) is 15.3. The molecule has 1 aromatic carbocycles. The van der Waals surface area contributed by atoms with Crippen LogP contribution in [-0.4, -0.2) is 74.4 Å². The number of nitrogens with one attached hydrogen (secondary N) is 5. The molecule has 0 aliphatic rings. The van der Waals surface area contributed by atoms with Crippen molar-refractivity contribution in [2.24, 2.45) is 22.4 Å². The molecular weight excluding hydrogens is 691 g/mol. The van der Waals surface area contributed by atoms with Crippen molar-refractivity contribution < 1.29 is 19.5 Å². The highest BCUT2D eigenvalue weighted by Crippen LogP contribution is 2.09. The molecule has 10 N–H and O–H groups in total. The lowest BCUT2D eigenvalue weighted by Gasteiger charge is -2.15. The van der Waals surface area contributed by atoms with Crippen molar-refractivity contribution in [3.63, 3.8) is 0 Å². The van der Waals surface area contributed by atoms with Crippen molar-refractivity contribution in [1.82, 2.24) is 31.6 Å². The number of carboxylic acid groups (broad SMARTS) is 1. The quantitative estimate of drug-likeness (QED) is 0.0422. The normalized spacial score (nSPS) is 8.02. The summed E-state index contributed by atoms with van der Waals surface area (Å²) in [6, 6.07) is 9.62. The fourth-order valence-electron chi connectivity index (χ4n) is 2.87. The summed E-state index contributed by atoms with van der Waals surface area (Å²) in [5.74, 6) is -0.460. The van der Waals surface area contributed by atoms with Crippen LogP contribution in [0, 0.1) is 12.8 Å². The van der Waals surface area contributed by atoms with E-state index in [1.165, 1.54) is 14.0 Å². The molecule has 14 heteroatoms. The number of carbonyl (C=O) groups excluding carboxylic acids is 2. The highest BCUT2D eigenvalue weighted by Gasteiger charge is 2.11. The number of aliphatic carboxylic acids is 1. The first-order valence-corrected chi connectivity index (χ1v) is 16.1. The first kappa shape index (κ1) is 82.6. The molecule has 324 valence electrons. The number of aryl methyl sites for hydroxylation is 1. The second kappa shape index (κ2) is 66.5. The van der Waals surface area contributed by atoms with E-state index >= 15 is 0 Å². The number of urea groups is 1. The lowest BCUT2D eigenvalue weighted by molar-refractivity contribution is -0.138. The molecule has 2 aromatic rings. The van der Waals surface area contributed by atoms with E-state index in [0.717, 1.165) is 23.4 Å². The van der Waals surface area contributed by atoms with Gasteiger partial charge in [-0.05, 0) is 31.4 Å². The van der Waals surface area contributed by atoms with Gasteiger partial charge >= 0.3 is 12.0 Å². The van der Waals surface area contributed by atoms with E-state index < -0.39 is 5.97 Å². The minimum Gasteiger partial charge on any atom is -0.481 e. The van der Waals surface area contributed by atoms with E-state index in [1.807, 2.05) is 70.3 Å². The molecule has 0 aliphatic heterocycles. The maximum atomic E-state index is 10.8. The Balaban J connectivity index is -0.0000000422. The minimum atomic E-state index is -0.742. The first-order chi connectivity index (χ1) is 21.5. The molecule has 1 heterocycles. The molecule has 3 amide bonds. The molecule has 2 rings (SSSR count). The second-order valence-corrected chi connectivity index (χ2v) is 9.58. The zero-order valence-corrected chi connectivity index (χ0v) is 29.7. The summed E-state index contributed by atoms with van der Waals surface area (Å²) in [4.78, 5) is 39.3.